The smallest absolute Gasteiger partial charge is 0.258 e. The first kappa shape index (κ1) is 18.6. The number of carbonyl (C=O) groups is 1. The molecule has 1 aliphatic rings. The molecule has 9 heteroatoms. The number of nitrogens with zero attached hydrogens (tertiary/aromatic N) is 2. The Morgan fingerprint density at radius 3 is 2.50 bits per heavy atom. The molecule has 2 N–H and O–H groups in total. The molecule has 2 aromatic rings. The van der Waals surface area contributed by atoms with Gasteiger partial charge in [-0.15, -0.1) is 0 Å². The Balaban J connectivity index is 1.68. The van der Waals surface area contributed by atoms with Crippen LogP contribution in [0.1, 0.15) is 27.9 Å². The molecule has 1 aromatic heterocycles. The standard InChI is InChI=1S/C17H19ClN4O3S/c1-10-5-11(2)15(14(18)6-10)22-16(23)12-7-19-17(20-8-12)21-13-3-4-26(24,25)9-13/h5-8,13H,3-4,9H2,1-2H3,(H,22,23)(H,19,20,21). The second-order valence-corrected chi connectivity index (χ2v) is 9.07. The molecule has 1 aliphatic heterocycles. The predicted molar refractivity (Wildman–Crippen MR) is 102 cm³/mol. The van der Waals surface area contributed by atoms with E-state index in [1.165, 1.54) is 12.4 Å². The SMILES string of the molecule is Cc1cc(C)c(NC(=O)c2cnc(NC3CCS(=O)(=O)C3)nc2)c(Cl)c1. The summed E-state index contributed by atoms with van der Waals surface area (Å²) in [5.41, 5.74) is 2.72. The maximum absolute atomic E-state index is 12.4. The molecule has 3 rings (SSSR count). The third-order valence-electron chi connectivity index (χ3n) is 4.15. The molecule has 138 valence electrons. The topological polar surface area (TPSA) is 101 Å². The molecule has 7 nitrogen and oxygen atoms in total. The number of anilines is 2. The van der Waals surface area contributed by atoms with Crippen LogP contribution in [0.25, 0.3) is 0 Å². The fourth-order valence-corrected chi connectivity index (χ4v) is 4.91. The van der Waals surface area contributed by atoms with E-state index in [1.807, 2.05) is 19.9 Å². The van der Waals surface area contributed by atoms with Crippen molar-refractivity contribution in [2.75, 3.05) is 22.1 Å². The van der Waals surface area contributed by atoms with Crippen LogP contribution in [0.15, 0.2) is 24.5 Å². The van der Waals surface area contributed by atoms with Crippen LogP contribution in [0.3, 0.4) is 0 Å². The van der Waals surface area contributed by atoms with E-state index in [0.717, 1.165) is 11.1 Å². The van der Waals surface area contributed by atoms with Crippen LogP contribution in [0.5, 0.6) is 0 Å². The molecule has 0 radical (unpaired) electrons. The van der Waals surface area contributed by atoms with Gasteiger partial charge in [-0.25, -0.2) is 18.4 Å². The number of aromatic nitrogens is 2. The van der Waals surface area contributed by atoms with Crippen molar-refractivity contribution in [3.05, 3.63) is 46.2 Å². The summed E-state index contributed by atoms with van der Waals surface area (Å²) in [6.07, 6.45) is 3.32. The lowest BCUT2D eigenvalue weighted by atomic mass is 10.1. The largest absolute Gasteiger partial charge is 0.350 e. The monoisotopic (exact) mass is 394 g/mol. The highest BCUT2D eigenvalue weighted by Crippen LogP contribution is 2.27. The van der Waals surface area contributed by atoms with Crippen molar-refractivity contribution >= 4 is 39.0 Å². The van der Waals surface area contributed by atoms with Gasteiger partial charge in [0.2, 0.25) is 5.95 Å². The molecular weight excluding hydrogens is 376 g/mol. The van der Waals surface area contributed by atoms with Gasteiger partial charge >= 0.3 is 0 Å². The van der Waals surface area contributed by atoms with Gasteiger partial charge in [-0.05, 0) is 37.5 Å². The lowest BCUT2D eigenvalue weighted by molar-refractivity contribution is 0.102. The second kappa shape index (κ2) is 7.20. The number of benzene rings is 1. The van der Waals surface area contributed by atoms with Crippen LogP contribution in [0, 0.1) is 13.8 Å². The summed E-state index contributed by atoms with van der Waals surface area (Å²) < 4.78 is 23.0. The van der Waals surface area contributed by atoms with E-state index >= 15 is 0 Å². The Kier molecular flexibility index (Phi) is 5.15. The van der Waals surface area contributed by atoms with E-state index < -0.39 is 9.84 Å². The first-order chi connectivity index (χ1) is 12.2. The molecule has 0 spiro atoms. The van der Waals surface area contributed by atoms with Gasteiger partial charge < -0.3 is 10.6 Å². The van der Waals surface area contributed by atoms with Crippen LogP contribution in [0.2, 0.25) is 5.02 Å². The Bertz CT molecular complexity index is 922. The van der Waals surface area contributed by atoms with Gasteiger partial charge in [0, 0.05) is 18.4 Å². The summed E-state index contributed by atoms with van der Waals surface area (Å²) in [5, 5.41) is 6.23. The zero-order valence-corrected chi connectivity index (χ0v) is 16.0. The fourth-order valence-electron chi connectivity index (χ4n) is 2.87. The van der Waals surface area contributed by atoms with Gasteiger partial charge in [-0.1, -0.05) is 17.7 Å². The summed E-state index contributed by atoms with van der Waals surface area (Å²) in [5.74, 6) is 0.174. The maximum Gasteiger partial charge on any atom is 0.258 e. The fraction of sp³-hybridized carbons (Fsp3) is 0.353. The minimum absolute atomic E-state index is 0.0732. The van der Waals surface area contributed by atoms with Gasteiger partial charge in [-0.3, -0.25) is 4.79 Å². The van der Waals surface area contributed by atoms with Gasteiger partial charge in [0.1, 0.15) is 0 Å². The van der Waals surface area contributed by atoms with E-state index in [1.54, 1.807) is 6.07 Å². The summed E-state index contributed by atoms with van der Waals surface area (Å²) in [7, 11) is -2.98. The molecule has 0 bridgehead atoms. The van der Waals surface area contributed by atoms with Gasteiger partial charge in [-0.2, -0.15) is 0 Å². The number of carbonyl (C=O) groups excluding carboxylic acids is 1. The Morgan fingerprint density at radius 2 is 1.92 bits per heavy atom. The number of amides is 1. The van der Waals surface area contributed by atoms with E-state index in [4.69, 9.17) is 11.6 Å². The summed E-state index contributed by atoms with van der Waals surface area (Å²) in [6, 6.07) is 3.51. The maximum atomic E-state index is 12.4. The molecule has 1 saturated heterocycles. The molecule has 0 saturated carbocycles. The zero-order chi connectivity index (χ0) is 18.9. The highest BCUT2D eigenvalue weighted by atomic mass is 35.5. The lowest BCUT2D eigenvalue weighted by Crippen LogP contribution is -2.22. The second-order valence-electron chi connectivity index (χ2n) is 6.43. The molecule has 1 atom stereocenters. The van der Waals surface area contributed by atoms with Crippen LogP contribution in [-0.2, 0) is 9.84 Å². The molecule has 0 aliphatic carbocycles. The van der Waals surface area contributed by atoms with Gasteiger partial charge in [0.05, 0.1) is 27.8 Å². The lowest BCUT2D eigenvalue weighted by Gasteiger charge is -2.12. The summed E-state index contributed by atoms with van der Waals surface area (Å²) in [6.45, 7) is 3.80. The van der Waals surface area contributed by atoms with E-state index in [-0.39, 0.29) is 29.0 Å². The normalized spacial score (nSPS) is 18.5. The molecule has 26 heavy (non-hydrogen) atoms. The highest BCUT2D eigenvalue weighted by Gasteiger charge is 2.28. The first-order valence-electron chi connectivity index (χ1n) is 8.10. The number of aryl methyl sites for hydroxylation is 2. The third kappa shape index (κ3) is 4.31. The molecule has 1 unspecified atom stereocenters. The van der Waals surface area contributed by atoms with Crippen molar-refractivity contribution in [2.45, 2.75) is 26.3 Å². The van der Waals surface area contributed by atoms with E-state index in [9.17, 15) is 13.2 Å². The zero-order valence-electron chi connectivity index (χ0n) is 14.4. The number of nitrogens with one attached hydrogen (secondary N) is 2. The Labute approximate surface area is 157 Å². The average Bonchev–Trinajstić information content (AvgIpc) is 2.90. The Morgan fingerprint density at radius 1 is 1.23 bits per heavy atom. The number of rotatable bonds is 4. The summed E-state index contributed by atoms with van der Waals surface area (Å²) in [4.78, 5) is 20.6. The predicted octanol–water partition coefficient (Wildman–Crippen LogP) is 2.60. The van der Waals surface area contributed by atoms with Crippen LogP contribution in [-0.4, -0.2) is 41.8 Å². The van der Waals surface area contributed by atoms with Crippen molar-refractivity contribution in [3.63, 3.8) is 0 Å². The third-order valence-corrected chi connectivity index (χ3v) is 6.22. The first-order valence-corrected chi connectivity index (χ1v) is 10.3. The molecule has 2 heterocycles. The quantitative estimate of drug-likeness (QED) is 0.826. The molecule has 1 aromatic carbocycles. The molecule has 1 fully saturated rings. The number of hydrogen-bond donors (Lipinski definition) is 2. The molecule has 1 amide bonds. The number of sulfone groups is 1. The van der Waals surface area contributed by atoms with Crippen LogP contribution < -0.4 is 10.6 Å². The van der Waals surface area contributed by atoms with Crippen molar-refractivity contribution < 1.29 is 13.2 Å². The van der Waals surface area contributed by atoms with Crippen molar-refractivity contribution in [2.24, 2.45) is 0 Å². The number of hydrogen-bond acceptors (Lipinski definition) is 6. The minimum atomic E-state index is -2.98. The number of halogens is 1. The van der Waals surface area contributed by atoms with E-state index in [2.05, 4.69) is 20.6 Å². The van der Waals surface area contributed by atoms with Gasteiger partial charge in [0.25, 0.3) is 5.91 Å². The van der Waals surface area contributed by atoms with Crippen molar-refractivity contribution in [3.8, 4) is 0 Å². The van der Waals surface area contributed by atoms with Crippen molar-refractivity contribution in [1.29, 1.82) is 0 Å². The van der Waals surface area contributed by atoms with Gasteiger partial charge in [0.15, 0.2) is 9.84 Å². The average molecular weight is 395 g/mol. The minimum Gasteiger partial charge on any atom is -0.350 e. The van der Waals surface area contributed by atoms with Crippen LogP contribution >= 0.6 is 11.6 Å². The van der Waals surface area contributed by atoms with Crippen molar-refractivity contribution in [1.82, 2.24) is 9.97 Å². The summed E-state index contributed by atoms with van der Waals surface area (Å²) >= 11 is 6.20. The van der Waals surface area contributed by atoms with Crippen LogP contribution in [0.4, 0.5) is 11.6 Å². The van der Waals surface area contributed by atoms with E-state index in [0.29, 0.717) is 23.1 Å². The molecular formula is C17H19ClN4O3S. The highest BCUT2D eigenvalue weighted by molar-refractivity contribution is 7.91. The Hall–Kier alpha value is -2.19.